The number of aliphatic carboxylic acids is 1. The fraction of sp³-hybridized carbons (Fsp3) is 0.235. The Kier molecular flexibility index (Phi) is 4.33. The Balaban J connectivity index is 1.70. The van der Waals surface area contributed by atoms with Gasteiger partial charge in [0.05, 0.1) is 12.1 Å². The van der Waals surface area contributed by atoms with Crippen LogP contribution in [0.2, 0.25) is 0 Å². The second-order valence-corrected chi connectivity index (χ2v) is 5.63. The molecule has 0 saturated heterocycles. The van der Waals surface area contributed by atoms with Crippen LogP contribution in [-0.2, 0) is 22.4 Å². The zero-order valence-corrected chi connectivity index (χ0v) is 13.1. The Hall–Kier alpha value is -3.09. The number of fused-ring (bicyclic) bond motifs is 1. The van der Waals surface area contributed by atoms with E-state index in [0.717, 1.165) is 16.5 Å². The van der Waals surface area contributed by atoms with E-state index in [0.29, 0.717) is 11.5 Å². The van der Waals surface area contributed by atoms with Gasteiger partial charge in [0.15, 0.2) is 0 Å². The maximum atomic E-state index is 12.1. The molecular formula is C17H17N3O4. The molecule has 1 aromatic carbocycles. The van der Waals surface area contributed by atoms with Gasteiger partial charge in [-0.2, -0.15) is 0 Å². The minimum Gasteiger partial charge on any atom is -0.480 e. The number of aromatic amines is 1. The van der Waals surface area contributed by atoms with Crippen LogP contribution >= 0.6 is 0 Å². The smallest absolute Gasteiger partial charge is 0.326 e. The molecule has 3 aromatic rings. The zero-order chi connectivity index (χ0) is 17.1. The third kappa shape index (κ3) is 3.45. The van der Waals surface area contributed by atoms with Crippen LogP contribution in [0.3, 0.4) is 0 Å². The minimum absolute atomic E-state index is 0.0188. The van der Waals surface area contributed by atoms with E-state index in [9.17, 15) is 14.7 Å². The van der Waals surface area contributed by atoms with E-state index in [4.69, 9.17) is 4.52 Å². The summed E-state index contributed by atoms with van der Waals surface area (Å²) in [5.41, 5.74) is 2.25. The van der Waals surface area contributed by atoms with Gasteiger partial charge >= 0.3 is 5.97 Å². The summed E-state index contributed by atoms with van der Waals surface area (Å²) in [6.07, 6.45) is 1.95. The molecule has 2 heterocycles. The van der Waals surface area contributed by atoms with Crippen molar-refractivity contribution in [3.63, 3.8) is 0 Å². The van der Waals surface area contributed by atoms with Gasteiger partial charge in [0.1, 0.15) is 11.8 Å². The largest absolute Gasteiger partial charge is 0.480 e. The highest BCUT2D eigenvalue weighted by Crippen LogP contribution is 2.19. The molecule has 24 heavy (non-hydrogen) atoms. The fourth-order valence-corrected chi connectivity index (χ4v) is 2.63. The summed E-state index contributed by atoms with van der Waals surface area (Å²) in [6.45, 7) is 1.73. The van der Waals surface area contributed by atoms with Gasteiger partial charge < -0.3 is 19.9 Å². The summed E-state index contributed by atoms with van der Waals surface area (Å²) in [5, 5.41) is 16.6. The number of hydrogen-bond donors (Lipinski definition) is 3. The number of hydrogen-bond acceptors (Lipinski definition) is 4. The highest BCUT2D eigenvalue weighted by Gasteiger charge is 2.22. The number of H-pyrrole nitrogens is 1. The number of carbonyl (C=O) groups excluding carboxylic acids is 1. The molecule has 7 heteroatoms. The summed E-state index contributed by atoms with van der Waals surface area (Å²) in [6, 6.07) is 8.26. The molecule has 2 aromatic heterocycles. The molecule has 1 unspecified atom stereocenters. The molecule has 1 atom stereocenters. The van der Waals surface area contributed by atoms with Crippen molar-refractivity contribution in [3.05, 3.63) is 53.5 Å². The number of para-hydroxylation sites is 1. The maximum Gasteiger partial charge on any atom is 0.326 e. The van der Waals surface area contributed by atoms with E-state index < -0.39 is 17.9 Å². The number of aryl methyl sites for hydroxylation is 1. The number of aromatic nitrogens is 2. The van der Waals surface area contributed by atoms with Crippen LogP contribution in [0, 0.1) is 6.92 Å². The second kappa shape index (κ2) is 6.57. The van der Waals surface area contributed by atoms with Gasteiger partial charge in [-0.3, -0.25) is 4.79 Å². The lowest BCUT2D eigenvalue weighted by atomic mass is 10.0. The third-order valence-corrected chi connectivity index (χ3v) is 3.75. The van der Waals surface area contributed by atoms with E-state index >= 15 is 0 Å². The average Bonchev–Trinajstić information content (AvgIpc) is 3.13. The van der Waals surface area contributed by atoms with Crippen LogP contribution in [0.15, 0.2) is 41.1 Å². The first-order valence-electron chi connectivity index (χ1n) is 7.52. The van der Waals surface area contributed by atoms with Crippen LogP contribution in [0.25, 0.3) is 10.9 Å². The Morgan fingerprint density at radius 1 is 1.38 bits per heavy atom. The fourth-order valence-electron chi connectivity index (χ4n) is 2.63. The summed E-state index contributed by atoms with van der Waals surface area (Å²) in [4.78, 5) is 26.7. The number of carbonyl (C=O) groups is 2. The van der Waals surface area contributed by atoms with Crippen molar-refractivity contribution in [2.75, 3.05) is 0 Å². The molecule has 0 fully saturated rings. The molecule has 0 aliphatic rings. The number of nitrogens with zero attached hydrogens (tertiary/aromatic N) is 1. The van der Waals surface area contributed by atoms with Gasteiger partial charge in [-0.1, -0.05) is 23.4 Å². The van der Waals surface area contributed by atoms with Crippen molar-refractivity contribution >= 4 is 22.8 Å². The Labute approximate surface area is 137 Å². The van der Waals surface area contributed by atoms with E-state index in [2.05, 4.69) is 15.5 Å². The highest BCUT2D eigenvalue weighted by atomic mass is 16.5. The standard InChI is InChI=1S/C17H17N3O4/c1-10-6-12(20-24-10)8-16(21)19-15(17(22)23)7-11-9-18-14-5-3-2-4-13(11)14/h2-6,9,15,18H,7-8H2,1H3,(H,19,21)(H,22,23). The van der Waals surface area contributed by atoms with Gasteiger partial charge in [0.25, 0.3) is 0 Å². The van der Waals surface area contributed by atoms with E-state index in [1.165, 1.54) is 0 Å². The van der Waals surface area contributed by atoms with E-state index in [-0.39, 0.29) is 12.8 Å². The van der Waals surface area contributed by atoms with Crippen LogP contribution in [0.4, 0.5) is 0 Å². The van der Waals surface area contributed by atoms with Crippen LogP contribution in [0.5, 0.6) is 0 Å². The lowest BCUT2D eigenvalue weighted by molar-refractivity contribution is -0.141. The summed E-state index contributed by atoms with van der Waals surface area (Å²) >= 11 is 0. The van der Waals surface area contributed by atoms with Gasteiger partial charge in [0, 0.05) is 29.6 Å². The third-order valence-electron chi connectivity index (χ3n) is 3.75. The highest BCUT2D eigenvalue weighted by molar-refractivity contribution is 5.87. The topological polar surface area (TPSA) is 108 Å². The SMILES string of the molecule is Cc1cc(CC(=O)NC(Cc2c[nH]c3ccccc23)C(=O)O)no1. The van der Waals surface area contributed by atoms with Gasteiger partial charge in [-0.05, 0) is 18.6 Å². The van der Waals surface area contributed by atoms with Crippen molar-refractivity contribution in [3.8, 4) is 0 Å². The molecule has 7 nitrogen and oxygen atoms in total. The Morgan fingerprint density at radius 2 is 2.17 bits per heavy atom. The summed E-state index contributed by atoms with van der Waals surface area (Å²) < 4.78 is 4.90. The van der Waals surface area contributed by atoms with E-state index in [1.807, 2.05) is 24.3 Å². The van der Waals surface area contributed by atoms with Crippen LogP contribution in [0.1, 0.15) is 17.0 Å². The molecule has 0 aliphatic heterocycles. The normalized spacial score (nSPS) is 12.2. The molecule has 1 amide bonds. The summed E-state index contributed by atoms with van der Waals surface area (Å²) in [7, 11) is 0. The second-order valence-electron chi connectivity index (χ2n) is 5.63. The molecular weight excluding hydrogens is 310 g/mol. The van der Waals surface area contributed by atoms with Crippen molar-refractivity contribution in [1.29, 1.82) is 0 Å². The first-order valence-corrected chi connectivity index (χ1v) is 7.52. The van der Waals surface area contributed by atoms with Crippen molar-refractivity contribution < 1.29 is 19.2 Å². The van der Waals surface area contributed by atoms with Gasteiger partial charge in [-0.15, -0.1) is 0 Å². The number of nitrogens with one attached hydrogen (secondary N) is 2. The monoisotopic (exact) mass is 327 g/mol. The predicted molar refractivity (Wildman–Crippen MR) is 86.5 cm³/mol. The summed E-state index contributed by atoms with van der Waals surface area (Å²) in [5.74, 6) is -0.883. The quantitative estimate of drug-likeness (QED) is 0.640. The average molecular weight is 327 g/mol. The number of rotatable bonds is 6. The van der Waals surface area contributed by atoms with Gasteiger partial charge in [-0.25, -0.2) is 4.79 Å². The molecule has 124 valence electrons. The number of carboxylic acids is 1. The number of carboxylic acid groups (broad SMARTS) is 1. The van der Waals surface area contributed by atoms with Crippen LogP contribution < -0.4 is 5.32 Å². The Morgan fingerprint density at radius 3 is 2.88 bits per heavy atom. The van der Waals surface area contributed by atoms with Crippen LogP contribution in [-0.4, -0.2) is 33.2 Å². The number of amides is 1. The molecule has 0 spiro atoms. The van der Waals surface area contributed by atoms with Crippen molar-refractivity contribution in [2.45, 2.75) is 25.8 Å². The van der Waals surface area contributed by atoms with E-state index in [1.54, 1.807) is 19.2 Å². The zero-order valence-electron chi connectivity index (χ0n) is 13.1. The maximum absolute atomic E-state index is 12.1. The number of benzene rings is 1. The first kappa shape index (κ1) is 15.8. The Bertz CT molecular complexity index is 881. The lowest BCUT2D eigenvalue weighted by Crippen LogP contribution is -2.43. The first-order chi connectivity index (χ1) is 11.5. The molecule has 0 aliphatic carbocycles. The lowest BCUT2D eigenvalue weighted by Gasteiger charge is -2.13. The van der Waals surface area contributed by atoms with Gasteiger partial charge in [0.2, 0.25) is 5.91 Å². The molecule has 0 bridgehead atoms. The van der Waals surface area contributed by atoms with Crippen molar-refractivity contribution in [1.82, 2.24) is 15.5 Å². The predicted octanol–water partition coefficient (Wildman–Crippen LogP) is 1.82. The molecule has 0 saturated carbocycles. The molecule has 3 rings (SSSR count). The molecule has 0 radical (unpaired) electrons. The van der Waals surface area contributed by atoms with Crippen molar-refractivity contribution in [2.24, 2.45) is 0 Å². The minimum atomic E-state index is -1.08. The molecule has 3 N–H and O–H groups in total.